The number of rotatable bonds is 7. The molecule has 3 aliphatic rings. The van der Waals surface area contributed by atoms with Gasteiger partial charge in [-0.1, -0.05) is 130 Å². The normalized spacial score (nSPS) is 37.6. The topological polar surface area (TPSA) is 0 Å². The third-order valence-corrected chi connectivity index (χ3v) is 12.2. The van der Waals surface area contributed by atoms with Crippen molar-refractivity contribution in [3.63, 3.8) is 0 Å². The van der Waals surface area contributed by atoms with E-state index in [1.54, 1.807) is 5.56 Å². The average Bonchev–Trinajstić information content (AvgIpc) is 3.89. The maximum absolute atomic E-state index is 2.65. The Hall–Kier alpha value is -2.77. The molecular formula is C36H36S. The fraction of sp³-hybridized carbons (Fsp3) is 0.333. The summed E-state index contributed by atoms with van der Waals surface area (Å²) in [7, 11) is 0. The molecule has 0 unspecified atom stereocenters. The molecule has 4 aromatic rings. The number of benzene rings is 4. The van der Waals surface area contributed by atoms with Crippen molar-refractivity contribution in [3.8, 4) is 0 Å². The van der Waals surface area contributed by atoms with Gasteiger partial charge in [0.25, 0.3) is 0 Å². The fourth-order valence-corrected chi connectivity index (χ4v) is 10.1. The Morgan fingerprint density at radius 1 is 0.568 bits per heavy atom. The zero-order valence-corrected chi connectivity index (χ0v) is 22.9. The highest BCUT2D eigenvalue weighted by Gasteiger charge is 2.85. The smallest absolute Gasteiger partial charge is 0.0232 e. The summed E-state index contributed by atoms with van der Waals surface area (Å²) in [6.07, 6.45) is 1.30. The Morgan fingerprint density at radius 2 is 1.03 bits per heavy atom. The first kappa shape index (κ1) is 23.4. The van der Waals surface area contributed by atoms with Gasteiger partial charge >= 0.3 is 0 Å². The van der Waals surface area contributed by atoms with Crippen LogP contribution in [0.25, 0.3) is 0 Å². The van der Waals surface area contributed by atoms with Crippen molar-refractivity contribution in [1.82, 2.24) is 0 Å². The van der Waals surface area contributed by atoms with Crippen LogP contribution in [0.1, 0.15) is 61.6 Å². The molecule has 0 amide bonds. The lowest BCUT2D eigenvalue weighted by Crippen LogP contribution is -2.20. The highest BCUT2D eigenvalue weighted by Crippen LogP contribution is 2.91. The number of hydrogen-bond donors (Lipinski definition) is 0. The molecule has 3 saturated carbocycles. The van der Waals surface area contributed by atoms with Crippen LogP contribution in [0.2, 0.25) is 0 Å². The van der Waals surface area contributed by atoms with Crippen molar-refractivity contribution in [2.45, 2.75) is 55.1 Å². The van der Waals surface area contributed by atoms with Gasteiger partial charge in [0.15, 0.2) is 0 Å². The molecule has 0 N–H and O–H groups in total. The van der Waals surface area contributed by atoms with Crippen LogP contribution in [0.15, 0.2) is 126 Å². The molecule has 1 heteroatoms. The summed E-state index contributed by atoms with van der Waals surface area (Å²) in [5, 5.41) is 0.591. The van der Waals surface area contributed by atoms with Crippen molar-refractivity contribution >= 4 is 11.8 Å². The van der Waals surface area contributed by atoms with Crippen LogP contribution in [0.3, 0.4) is 0 Å². The van der Waals surface area contributed by atoms with Gasteiger partial charge in [0.1, 0.15) is 0 Å². The molecule has 3 aliphatic carbocycles. The Balaban J connectivity index is 1.30. The number of hydrogen-bond acceptors (Lipinski definition) is 1. The maximum atomic E-state index is 2.65. The fourth-order valence-electron chi connectivity index (χ4n) is 8.46. The van der Waals surface area contributed by atoms with E-state index in [0.717, 1.165) is 0 Å². The lowest BCUT2D eigenvalue weighted by Gasteiger charge is -2.26. The van der Waals surface area contributed by atoms with Gasteiger partial charge in [-0.05, 0) is 69.2 Å². The molecule has 0 radical (unpaired) electrons. The predicted molar refractivity (Wildman–Crippen MR) is 156 cm³/mol. The quantitative estimate of drug-likeness (QED) is 0.243. The van der Waals surface area contributed by atoms with Crippen molar-refractivity contribution in [2.75, 3.05) is 0 Å². The minimum Gasteiger partial charge on any atom is -0.121 e. The first-order valence-electron chi connectivity index (χ1n) is 13.9. The zero-order chi connectivity index (χ0) is 25.3. The van der Waals surface area contributed by atoms with Crippen LogP contribution < -0.4 is 0 Å². The summed E-state index contributed by atoms with van der Waals surface area (Å²) in [6.45, 7) is 7.87. The van der Waals surface area contributed by atoms with E-state index in [4.69, 9.17) is 0 Å². The van der Waals surface area contributed by atoms with E-state index >= 15 is 0 Å². The van der Waals surface area contributed by atoms with Gasteiger partial charge < -0.3 is 0 Å². The molecule has 7 rings (SSSR count). The Bertz CT molecular complexity index is 1380. The molecule has 4 aromatic carbocycles. The largest absolute Gasteiger partial charge is 0.121 e. The van der Waals surface area contributed by atoms with E-state index < -0.39 is 0 Å². The van der Waals surface area contributed by atoms with E-state index in [1.165, 1.54) is 22.4 Å². The summed E-state index contributed by atoms with van der Waals surface area (Å²) >= 11 is 2.11. The molecule has 0 heterocycles. The molecule has 0 nitrogen and oxygen atoms in total. The molecule has 0 bridgehead atoms. The van der Waals surface area contributed by atoms with Crippen LogP contribution in [-0.4, -0.2) is 5.25 Å². The SMILES string of the molecule is C[C@@]1([C@@H]2[C@H](c3ccccc3)[C@@]2(C)[C@]2(C)C[C@H]2c2ccccc2)[C@H](c2ccccc2)[C@@H]1Sc1ccccc1. The van der Waals surface area contributed by atoms with E-state index in [2.05, 4.69) is 154 Å². The van der Waals surface area contributed by atoms with Crippen LogP contribution in [0, 0.1) is 22.2 Å². The second-order valence-corrected chi connectivity index (χ2v) is 13.6. The van der Waals surface area contributed by atoms with E-state index in [-0.39, 0.29) is 10.8 Å². The minimum absolute atomic E-state index is 0.254. The van der Waals surface area contributed by atoms with Crippen LogP contribution in [-0.2, 0) is 0 Å². The highest BCUT2D eigenvalue weighted by molar-refractivity contribution is 8.00. The highest BCUT2D eigenvalue weighted by atomic mass is 32.2. The summed E-state index contributed by atoms with van der Waals surface area (Å²) < 4.78 is 0. The van der Waals surface area contributed by atoms with Crippen molar-refractivity contribution in [2.24, 2.45) is 22.2 Å². The van der Waals surface area contributed by atoms with Gasteiger partial charge in [-0.3, -0.25) is 0 Å². The third-order valence-electron chi connectivity index (χ3n) is 10.7. The van der Waals surface area contributed by atoms with Gasteiger partial charge in [0.05, 0.1) is 0 Å². The van der Waals surface area contributed by atoms with Gasteiger partial charge in [-0.15, -0.1) is 11.8 Å². The van der Waals surface area contributed by atoms with Gasteiger partial charge in [0, 0.05) is 16.1 Å². The van der Waals surface area contributed by atoms with Crippen LogP contribution >= 0.6 is 11.8 Å². The second kappa shape index (κ2) is 8.37. The molecule has 3 fully saturated rings. The summed E-state index contributed by atoms with van der Waals surface area (Å²) in [5.41, 5.74) is 5.44. The summed E-state index contributed by atoms with van der Waals surface area (Å²) in [6, 6.07) is 45.2. The maximum Gasteiger partial charge on any atom is 0.0232 e. The van der Waals surface area contributed by atoms with E-state index in [0.29, 0.717) is 34.3 Å². The predicted octanol–water partition coefficient (Wildman–Crippen LogP) is 9.56. The zero-order valence-electron chi connectivity index (χ0n) is 22.0. The Morgan fingerprint density at radius 3 is 1.57 bits per heavy atom. The molecule has 0 spiro atoms. The van der Waals surface area contributed by atoms with Gasteiger partial charge in [-0.2, -0.15) is 0 Å². The Labute approximate surface area is 226 Å². The van der Waals surface area contributed by atoms with Gasteiger partial charge in [-0.25, -0.2) is 0 Å². The lowest BCUT2D eigenvalue weighted by atomic mass is 9.78. The molecule has 8 atom stereocenters. The summed E-state index contributed by atoms with van der Waals surface area (Å²) in [4.78, 5) is 1.40. The van der Waals surface area contributed by atoms with Crippen molar-refractivity contribution < 1.29 is 0 Å². The molecule has 0 saturated heterocycles. The second-order valence-electron chi connectivity index (χ2n) is 12.3. The molecule has 0 aliphatic heterocycles. The molecule has 37 heavy (non-hydrogen) atoms. The van der Waals surface area contributed by atoms with Crippen molar-refractivity contribution in [1.29, 1.82) is 0 Å². The average molecular weight is 501 g/mol. The number of thioether (sulfide) groups is 1. The van der Waals surface area contributed by atoms with E-state index in [9.17, 15) is 0 Å². The van der Waals surface area contributed by atoms with Crippen LogP contribution in [0.5, 0.6) is 0 Å². The summed E-state index contributed by atoms with van der Waals surface area (Å²) in [5.74, 6) is 2.50. The monoisotopic (exact) mass is 500 g/mol. The van der Waals surface area contributed by atoms with Crippen LogP contribution in [0.4, 0.5) is 0 Å². The Kier molecular flexibility index (Phi) is 5.28. The van der Waals surface area contributed by atoms with Crippen molar-refractivity contribution in [3.05, 3.63) is 138 Å². The third kappa shape index (κ3) is 3.43. The minimum atomic E-state index is 0.254. The first-order valence-corrected chi connectivity index (χ1v) is 14.7. The molecular weight excluding hydrogens is 464 g/mol. The first-order chi connectivity index (χ1) is 18.0. The van der Waals surface area contributed by atoms with E-state index in [1.807, 2.05) is 0 Å². The molecule has 0 aromatic heterocycles. The standard InChI is InChI=1S/C36H36S/c1-34(24-29(34)25-16-8-4-9-17-25)36(3)30(26-18-10-5-11-19-26)32(36)35(2)31(27-20-12-6-13-21-27)33(35)37-28-22-14-7-15-23-28/h4-23,29-33H,24H2,1-3H3/t29-,30-,31+,32-,33-,34+,35-,36+/m0/s1. The lowest BCUT2D eigenvalue weighted by molar-refractivity contribution is 0.251. The molecule has 186 valence electrons. The van der Waals surface area contributed by atoms with Gasteiger partial charge in [0.2, 0.25) is 0 Å².